The first-order valence-electron chi connectivity index (χ1n) is 13.0. The van der Waals surface area contributed by atoms with E-state index in [1.807, 2.05) is 0 Å². The predicted octanol–water partition coefficient (Wildman–Crippen LogP) is 3.80. The molecule has 0 aliphatic carbocycles. The van der Waals surface area contributed by atoms with Crippen molar-refractivity contribution in [2.75, 3.05) is 26.6 Å². The quantitative estimate of drug-likeness (QED) is 0.171. The second-order valence-electron chi connectivity index (χ2n) is 9.47. The van der Waals surface area contributed by atoms with Crippen LogP contribution in [0.2, 0.25) is 0 Å². The highest BCUT2D eigenvalue weighted by molar-refractivity contribution is 7.22. The van der Waals surface area contributed by atoms with Crippen LogP contribution in [-0.4, -0.2) is 51.6 Å². The minimum absolute atomic E-state index is 0.00105. The summed E-state index contributed by atoms with van der Waals surface area (Å²) in [5.74, 6) is -1.82. The van der Waals surface area contributed by atoms with Gasteiger partial charge in [0.05, 0.1) is 38.0 Å². The first-order valence-corrected chi connectivity index (χ1v) is 13.9. The van der Waals surface area contributed by atoms with Gasteiger partial charge in [0.25, 0.3) is 5.56 Å². The van der Waals surface area contributed by atoms with Crippen molar-refractivity contribution in [3.8, 4) is 22.1 Å². The average molecular weight is 639 g/mol. The Bertz CT molecular complexity index is 1990. The molecule has 0 saturated heterocycles. The van der Waals surface area contributed by atoms with Gasteiger partial charge in [-0.3, -0.25) is 19.2 Å². The van der Waals surface area contributed by atoms with Crippen molar-refractivity contribution in [2.24, 2.45) is 5.29 Å². The molecule has 17 heteroatoms. The van der Waals surface area contributed by atoms with Crippen LogP contribution in [0.3, 0.4) is 0 Å². The standard InChI is InChI=1S/C28H24F2N8O6S/c1-36(35-42)13-18-23-25(39)38(21-11-12-22(43-2)33-32-21)28(41)37(14-17-19(29)5-4-6-20(17)30)26(23)45-24(18)15-7-9-16(10-8-15)31-27(40)34-44-3/h4-12H,13-14H2,1-3H3,(H2,31,34,40). The number of hydroxylamine groups is 1. The third-order valence-electron chi connectivity index (χ3n) is 6.64. The Morgan fingerprint density at radius 2 is 1.73 bits per heavy atom. The van der Waals surface area contributed by atoms with Crippen LogP contribution in [0, 0.1) is 16.5 Å². The zero-order chi connectivity index (χ0) is 32.2. The SMILES string of the molecule is CONC(=O)Nc1ccc(-c2sc3c(c2CN(C)N=O)c(=O)n(-c2ccc(OC)nn2)c(=O)n3Cc2c(F)cccc2F)cc1. The molecule has 14 nitrogen and oxygen atoms in total. The number of nitrogens with zero attached hydrogens (tertiary/aromatic N) is 6. The number of halogens is 2. The number of anilines is 1. The van der Waals surface area contributed by atoms with Gasteiger partial charge in [-0.25, -0.2) is 28.4 Å². The third-order valence-corrected chi connectivity index (χ3v) is 7.95. The van der Waals surface area contributed by atoms with Crippen molar-refractivity contribution in [1.82, 2.24) is 29.8 Å². The molecule has 0 unspecified atom stereocenters. The molecule has 2 aromatic carbocycles. The van der Waals surface area contributed by atoms with Gasteiger partial charge in [0, 0.05) is 34.8 Å². The molecule has 0 atom stereocenters. The van der Waals surface area contributed by atoms with Crippen LogP contribution < -0.4 is 26.8 Å². The van der Waals surface area contributed by atoms with Gasteiger partial charge in [-0.15, -0.1) is 26.4 Å². The largest absolute Gasteiger partial charge is 0.480 e. The molecule has 0 aliphatic heterocycles. The zero-order valence-electron chi connectivity index (χ0n) is 23.9. The zero-order valence-corrected chi connectivity index (χ0v) is 24.7. The Labute approximate surface area is 256 Å². The molecule has 5 rings (SSSR count). The monoisotopic (exact) mass is 638 g/mol. The number of carbonyl (C=O) groups excluding carboxylic acids is 1. The summed E-state index contributed by atoms with van der Waals surface area (Å²) in [7, 11) is 4.05. The molecule has 45 heavy (non-hydrogen) atoms. The van der Waals surface area contributed by atoms with Crippen LogP contribution in [0.1, 0.15) is 11.1 Å². The average Bonchev–Trinajstić information content (AvgIpc) is 3.40. The number of benzene rings is 2. The lowest BCUT2D eigenvalue weighted by atomic mass is 10.1. The van der Waals surface area contributed by atoms with Gasteiger partial charge in [0.15, 0.2) is 5.82 Å². The van der Waals surface area contributed by atoms with Crippen molar-refractivity contribution in [3.05, 3.63) is 103 Å². The molecule has 0 saturated carbocycles. The molecule has 3 aromatic heterocycles. The lowest BCUT2D eigenvalue weighted by Gasteiger charge is -2.14. The van der Waals surface area contributed by atoms with Crippen molar-refractivity contribution < 1.29 is 23.1 Å². The summed E-state index contributed by atoms with van der Waals surface area (Å²) in [4.78, 5) is 56.6. The Kier molecular flexibility index (Phi) is 8.91. The number of amides is 2. The number of aromatic nitrogens is 4. The highest BCUT2D eigenvalue weighted by atomic mass is 32.1. The van der Waals surface area contributed by atoms with Gasteiger partial charge in [0.1, 0.15) is 16.5 Å². The molecular formula is C28H24F2N8O6S. The van der Waals surface area contributed by atoms with Gasteiger partial charge in [0.2, 0.25) is 5.88 Å². The summed E-state index contributed by atoms with van der Waals surface area (Å²) >= 11 is 1.01. The molecule has 0 radical (unpaired) electrons. The molecule has 0 bridgehead atoms. The van der Waals surface area contributed by atoms with E-state index < -0.39 is 41.0 Å². The number of hydrogen-bond donors (Lipinski definition) is 2. The number of urea groups is 1. The Hall–Kier alpha value is -5.55. The summed E-state index contributed by atoms with van der Waals surface area (Å²) in [5.41, 5.74) is 1.28. The van der Waals surface area contributed by atoms with Crippen molar-refractivity contribution in [2.45, 2.75) is 13.1 Å². The van der Waals surface area contributed by atoms with Crippen LogP contribution in [0.25, 0.3) is 26.5 Å². The third kappa shape index (κ3) is 6.11. The molecule has 3 heterocycles. The molecule has 0 aliphatic rings. The van der Waals surface area contributed by atoms with E-state index in [-0.39, 0.29) is 28.5 Å². The number of nitroso groups, excluding NO2 is 1. The number of thiophene rings is 1. The van der Waals surface area contributed by atoms with Crippen LogP contribution in [0.4, 0.5) is 19.3 Å². The maximum absolute atomic E-state index is 14.8. The van der Waals surface area contributed by atoms with E-state index in [4.69, 9.17) is 4.74 Å². The minimum Gasteiger partial charge on any atom is -0.480 e. The highest BCUT2D eigenvalue weighted by Gasteiger charge is 2.26. The minimum atomic E-state index is -0.931. The van der Waals surface area contributed by atoms with E-state index in [2.05, 4.69) is 31.1 Å². The molecule has 0 fully saturated rings. The first kappa shape index (κ1) is 30.9. The van der Waals surface area contributed by atoms with E-state index in [1.54, 1.807) is 24.3 Å². The molecule has 2 N–H and O–H groups in total. The maximum atomic E-state index is 14.8. The molecule has 5 aromatic rings. The lowest BCUT2D eigenvalue weighted by Crippen LogP contribution is -2.39. The fourth-order valence-electron chi connectivity index (χ4n) is 4.59. The van der Waals surface area contributed by atoms with Crippen LogP contribution in [-0.2, 0) is 17.9 Å². The van der Waals surface area contributed by atoms with Crippen molar-refractivity contribution >= 4 is 33.3 Å². The van der Waals surface area contributed by atoms with Crippen LogP contribution >= 0.6 is 11.3 Å². The normalized spacial score (nSPS) is 11.0. The van der Waals surface area contributed by atoms with Gasteiger partial charge in [-0.1, -0.05) is 18.2 Å². The van der Waals surface area contributed by atoms with E-state index in [1.165, 1.54) is 39.5 Å². The fraction of sp³-hybridized carbons (Fsp3) is 0.179. The molecule has 232 valence electrons. The van der Waals surface area contributed by atoms with E-state index in [0.717, 1.165) is 37.6 Å². The highest BCUT2D eigenvalue weighted by Crippen LogP contribution is 2.38. The van der Waals surface area contributed by atoms with E-state index in [0.29, 0.717) is 21.7 Å². The van der Waals surface area contributed by atoms with Crippen molar-refractivity contribution in [1.29, 1.82) is 0 Å². The van der Waals surface area contributed by atoms with Gasteiger partial charge in [-0.2, -0.15) is 0 Å². The topological polar surface area (TPSA) is 162 Å². The van der Waals surface area contributed by atoms with Crippen LogP contribution in [0.5, 0.6) is 5.88 Å². The number of rotatable bonds is 10. The van der Waals surface area contributed by atoms with Gasteiger partial charge < -0.3 is 10.1 Å². The maximum Gasteiger partial charge on any atom is 0.343 e. The first-order chi connectivity index (χ1) is 21.7. The second-order valence-corrected chi connectivity index (χ2v) is 10.5. The molecule has 2 amide bonds. The number of nitrogens with one attached hydrogen (secondary N) is 2. The number of methoxy groups -OCH3 is 1. The molecular weight excluding hydrogens is 614 g/mol. The van der Waals surface area contributed by atoms with E-state index >= 15 is 0 Å². The van der Waals surface area contributed by atoms with Crippen molar-refractivity contribution in [3.63, 3.8) is 0 Å². The van der Waals surface area contributed by atoms with Gasteiger partial charge >= 0.3 is 11.7 Å². The van der Waals surface area contributed by atoms with Crippen LogP contribution in [0.15, 0.2) is 69.5 Å². The fourth-order valence-corrected chi connectivity index (χ4v) is 5.89. The summed E-state index contributed by atoms with van der Waals surface area (Å²) in [6.07, 6.45) is 0. The van der Waals surface area contributed by atoms with E-state index in [9.17, 15) is 28.1 Å². The number of ether oxygens (including phenoxy) is 1. The number of hydrogen-bond acceptors (Lipinski definition) is 10. The Morgan fingerprint density at radius 1 is 1.02 bits per heavy atom. The molecule has 0 spiro atoms. The summed E-state index contributed by atoms with van der Waals surface area (Å²) < 4.78 is 36.5. The predicted molar refractivity (Wildman–Crippen MR) is 161 cm³/mol. The summed E-state index contributed by atoms with van der Waals surface area (Å²) in [6, 6.07) is 11.9. The summed E-state index contributed by atoms with van der Waals surface area (Å²) in [6.45, 7) is -0.735. The number of fused-ring (bicyclic) bond motifs is 1. The number of carbonyl (C=O) groups is 1. The van der Waals surface area contributed by atoms with Gasteiger partial charge in [-0.05, 0) is 35.9 Å². The Balaban J connectivity index is 1.80. The summed E-state index contributed by atoms with van der Waals surface area (Å²) in [5, 5.41) is 14.4. The smallest absolute Gasteiger partial charge is 0.343 e. The Morgan fingerprint density at radius 3 is 2.33 bits per heavy atom. The second kappa shape index (κ2) is 13.0. The lowest BCUT2D eigenvalue weighted by molar-refractivity contribution is 0.114.